The maximum atomic E-state index is 9.34. The van der Waals surface area contributed by atoms with Gasteiger partial charge in [0.05, 0.1) is 0 Å². The molecule has 68 valence electrons. The summed E-state index contributed by atoms with van der Waals surface area (Å²) >= 11 is -0.206. The molecule has 0 radical (unpaired) electrons. The first-order chi connectivity index (χ1) is 6.13. The van der Waals surface area contributed by atoms with Crippen LogP contribution in [0.5, 0.6) is 23.0 Å². The van der Waals surface area contributed by atoms with Crippen molar-refractivity contribution in [2.75, 3.05) is 0 Å². The van der Waals surface area contributed by atoms with E-state index < -0.39 is 23.0 Å². The fraction of sp³-hybridized carbons (Fsp3) is 0. The molecule has 0 spiro atoms. The number of aromatic hydroxyl groups is 4. The summed E-state index contributed by atoms with van der Waals surface area (Å²) in [6.45, 7) is 0. The van der Waals surface area contributed by atoms with Crippen molar-refractivity contribution in [1.29, 1.82) is 0 Å². The fourth-order valence-corrected chi connectivity index (χ4v) is 2.56. The summed E-state index contributed by atoms with van der Waals surface area (Å²) in [5.41, 5.74) is 0.146. The van der Waals surface area contributed by atoms with E-state index in [0.29, 0.717) is 4.26 Å². The van der Waals surface area contributed by atoms with Gasteiger partial charge in [0.25, 0.3) is 0 Å². The molecule has 4 N–H and O–H groups in total. The Morgan fingerprint density at radius 2 is 1.54 bits per heavy atom. The first kappa shape index (κ1) is 8.22. The van der Waals surface area contributed by atoms with E-state index in [1.54, 1.807) is 0 Å². The number of rotatable bonds is 0. The summed E-state index contributed by atoms with van der Waals surface area (Å²) in [4.78, 5) is 3.78. The van der Waals surface area contributed by atoms with Crippen molar-refractivity contribution >= 4 is 24.3 Å². The Bertz CT molecular complexity index is 437. The monoisotopic (exact) mass is 247 g/mol. The Morgan fingerprint density at radius 1 is 0.923 bits per heavy atom. The number of fused-ring (bicyclic) bond motifs is 1. The summed E-state index contributed by atoms with van der Waals surface area (Å²) in [5, 5.41) is 38.4. The van der Waals surface area contributed by atoms with Crippen LogP contribution >= 0.6 is 0 Å². The summed E-state index contributed by atoms with van der Waals surface area (Å²) in [5.74, 6) is -2.31. The zero-order valence-corrected chi connectivity index (χ0v) is 7.93. The number of benzene rings is 1. The molecule has 1 aromatic heterocycles. The number of hydrogen-bond acceptors (Lipinski definition) is 5. The minimum absolute atomic E-state index is 0.146. The van der Waals surface area contributed by atoms with Crippen molar-refractivity contribution in [2.45, 2.75) is 0 Å². The molecule has 1 heterocycles. The topological polar surface area (TPSA) is 93.8 Å². The van der Waals surface area contributed by atoms with Gasteiger partial charge in [0.1, 0.15) is 0 Å². The fourth-order valence-electron chi connectivity index (χ4n) is 1.03. The van der Waals surface area contributed by atoms with Crippen LogP contribution in [0.15, 0.2) is 5.07 Å². The van der Waals surface area contributed by atoms with Crippen LogP contribution in [0.2, 0.25) is 0 Å². The third-order valence-electron chi connectivity index (χ3n) is 1.68. The van der Waals surface area contributed by atoms with Gasteiger partial charge in [0.15, 0.2) is 0 Å². The predicted molar refractivity (Wildman–Crippen MR) is 45.3 cm³/mol. The first-order valence-electron chi connectivity index (χ1n) is 3.32. The Kier molecular flexibility index (Phi) is 1.61. The van der Waals surface area contributed by atoms with E-state index in [0.717, 1.165) is 0 Å². The van der Waals surface area contributed by atoms with E-state index in [9.17, 15) is 10.2 Å². The van der Waals surface area contributed by atoms with E-state index in [1.807, 2.05) is 0 Å². The third-order valence-corrected chi connectivity index (χ3v) is 3.43. The Labute approximate surface area is 78.3 Å². The molecule has 0 aliphatic carbocycles. The van der Waals surface area contributed by atoms with Gasteiger partial charge < -0.3 is 0 Å². The summed E-state index contributed by atoms with van der Waals surface area (Å²) < 4.78 is 0.389. The molecular formula is C7H5NO4Se. The SMILES string of the molecule is Oc1c(O)c(O)c2[se]cnc2c1O. The molecular weight excluding hydrogens is 241 g/mol. The second kappa shape index (κ2) is 2.55. The van der Waals surface area contributed by atoms with Crippen molar-refractivity contribution < 1.29 is 20.4 Å². The average Bonchev–Trinajstić information content (AvgIpc) is 2.59. The summed E-state index contributed by atoms with van der Waals surface area (Å²) in [7, 11) is 0. The predicted octanol–water partition coefficient (Wildman–Crippen LogP) is 0.114. The molecule has 1 aromatic carbocycles. The van der Waals surface area contributed by atoms with Crippen molar-refractivity contribution in [3.05, 3.63) is 5.07 Å². The van der Waals surface area contributed by atoms with Gasteiger partial charge in [-0.05, 0) is 0 Å². The Morgan fingerprint density at radius 3 is 2.23 bits per heavy atom. The van der Waals surface area contributed by atoms with Crippen LogP contribution in [0.25, 0.3) is 9.78 Å². The van der Waals surface area contributed by atoms with Gasteiger partial charge in [-0.25, -0.2) is 0 Å². The van der Waals surface area contributed by atoms with E-state index in [1.165, 1.54) is 5.07 Å². The number of hydrogen-bond donors (Lipinski definition) is 4. The molecule has 0 bridgehead atoms. The Balaban J connectivity index is 3.02. The van der Waals surface area contributed by atoms with E-state index >= 15 is 0 Å². The molecule has 2 rings (SSSR count). The van der Waals surface area contributed by atoms with Gasteiger partial charge in [0.2, 0.25) is 0 Å². The van der Waals surface area contributed by atoms with Gasteiger partial charge in [-0.3, -0.25) is 0 Å². The van der Waals surface area contributed by atoms with Crippen molar-refractivity contribution in [1.82, 2.24) is 4.98 Å². The molecule has 0 amide bonds. The second-order valence-electron chi connectivity index (χ2n) is 2.42. The number of phenolic OH excluding ortho intramolecular Hbond substituents is 4. The molecule has 13 heavy (non-hydrogen) atoms. The molecule has 0 unspecified atom stereocenters. The van der Waals surface area contributed by atoms with E-state index in [2.05, 4.69) is 4.98 Å². The van der Waals surface area contributed by atoms with Crippen LogP contribution in [0.3, 0.4) is 0 Å². The number of nitrogens with zero attached hydrogens (tertiary/aromatic N) is 1. The quantitative estimate of drug-likeness (QED) is 0.301. The standard InChI is InChI=1S/C7H5NO4Se/c9-3-2-7(13-1-8-2)6(12)5(11)4(3)10/h1,9-12H. The average molecular weight is 246 g/mol. The van der Waals surface area contributed by atoms with Gasteiger partial charge in [0, 0.05) is 0 Å². The van der Waals surface area contributed by atoms with Crippen molar-refractivity contribution in [2.24, 2.45) is 0 Å². The second-order valence-corrected chi connectivity index (χ2v) is 4.22. The molecule has 6 heteroatoms. The molecule has 0 aliphatic heterocycles. The molecule has 5 nitrogen and oxygen atoms in total. The zero-order valence-electron chi connectivity index (χ0n) is 6.22. The molecule has 0 fully saturated rings. The Hall–Kier alpha value is -1.39. The van der Waals surface area contributed by atoms with Crippen LogP contribution in [0, 0.1) is 0 Å². The molecule has 0 aliphatic rings. The summed E-state index contributed by atoms with van der Waals surface area (Å²) in [6, 6.07) is 0. The third kappa shape index (κ3) is 0.961. The van der Waals surface area contributed by atoms with Gasteiger partial charge in [-0.1, -0.05) is 0 Å². The van der Waals surface area contributed by atoms with Crippen molar-refractivity contribution in [3.63, 3.8) is 0 Å². The summed E-state index contributed by atoms with van der Waals surface area (Å²) in [6.07, 6.45) is 0. The van der Waals surface area contributed by atoms with Gasteiger partial charge in [-0.15, -0.1) is 0 Å². The van der Waals surface area contributed by atoms with Crippen LogP contribution in [0.4, 0.5) is 0 Å². The van der Waals surface area contributed by atoms with Gasteiger partial charge >= 0.3 is 77.8 Å². The normalized spacial score (nSPS) is 10.8. The van der Waals surface area contributed by atoms with Crippen LogP contribution in [-0.4, -0.2) is 39.9 Å². The van der Waals surface area contributed by atoms with Crippen LogP contribution in [0.1, 0.15) is 0 Å². The maximum absolute atomic E-state index is 9.34. The number of aromatic nitrogens is 1. The van der Waals surface area contributed by atoms with E-state index in [-0.39, 0.29) is 20.0 Å². The molecule has 0 saturated carbocycles. The van der Waals surface area contributed by atoms with Crippen molar-refractivity contribution in [3.8, 4) is 23.0 Å². The van der Waals surface area contributed by atoms with Gasteiger partial charge in [-0.2, -0.15) is 0 Å². The van der Waals surface area contributed by atoms with Crippen LogP contribution < -0.4 is 0 Å². The minimum atomic E-state index is -0.730. The molecule has 0 saturated heterocycles. The van der Waals surface area contributed by atoms with E-state index in [4.69, 9.17) is 10.2 Å². The molecule has 0 atom stereocenters. The molecule has 2 aromatic rings. The zero-order chi connectivity index (χ0) is 9.59. The number of phenols is 4. The first-order valence-corrected chi connectivity index (χ1v) is 5.16. The van der Waals surface area contributed by atoms with Crippen LogP contribution in [-0.2, 0) is 0 Å².